The Labute approximate surface area is 174 Å². The van der Waals surface area contributed by atoms with Gasteiger partial charge in [-0.05, 0) is 46.5 Å². The van der Waals surface area contributed by atoms with Crippen LogP contribution in [-0.2, 0) is 22.3 Å². The second kappa shape index (κ2) is 8.01. The van der Waals surface area contributed by atoms with Gasteiger partial charge in [0.2, 0.25) is 0 Å². The van der Waals surface area contributed by atoms with Crippen molar-refractivity contribution < 1.29 is 23.4 Å². The van der Waals surface area contributed by atoms with Crippen LogP contribution >= 0.6 is 0 Å². The second-order valence-corrected chi connectivity index (χ2v) is 7.75. The lowest BCUT2D eigenvalue weighted by Crippen LogP contribution is -2.09. The number of hydrogen-bond acceptors (Lipinski definition) is 4. The largest absolute Gasteiger partial charge is 0.420 e. The standard InChI is InChI=1S/C25H21FO4/c26-23-13-20(18-5-1-16(2-6-18)11-21-14-28-21)9-10-24(23)30-25(27)19-7-3-17(4-8-19)12-22-15-29-22/h1-10,13,21-22H,11-12,14-15H2. The molecule has 0 spiro atoms. The molecular weight excluding hydrogens is 383 g/mol. The van der Waals surface area contributed by atoms with E-state index >= 15 is 0 Å². The lowest BCUT2D eigenvalue weighted by atomic mass is 10.0. The molecule has 5 rings (SSSR count). The molecule has 0 amide bonds. The van der Waals surface area contributed by atoms with E-state index in [0.29, 0.717) is 17.8 Å². The van der Waals surface area contributed by atoms with Gasteiger partial charge in [0, 0.05) is 12.8 Å². The molecule has 0 bridgehead atoms. The Morgan fingerprint density at radius 2 is 1.37 bits per heavy atom. The van der Waals surface area contributed by atoms with Crippen molar-refractivity contribution >= 4 is 5.97 Å². The van der Waals surface area contributed by atoms with E-state index in [4.69, 9.17) is 14.2 Å². The summed E-state index contributed by atoms with van der Waals surface area (Å²) in [5.74, 6) is -1.23. The Bertz CT molecular complexity index is 1050. The monoisotopic (exact) mass is 404 g/mol. The first-order valence-corrected chi connectivity index (χ1v) is 10.1. The van der Waals surface area contributed by atoms with Gasteiger partial charge in [-0.15, -0.1) is 0 Å². The summed E-state index contributed by atoms with van der Waals surface area (Å²) in [6.45, 7) is 1.62. The van der Waals surface area contributed by atoms with E-state index in [9.17, 15) is 9.18 Å². The number of benzene rings is 3. The topological polar surface area (TPSA) is 51.4 Å². The first-order chi connectivity index (χ1) is 14.6. The molecule has 2 heterocycles. The number of rotatable bonds is 7. The fourth-order valence-electron chi connectivity index (χ4n) is 3.43. The predicted octanol–water partition coefficient (Wildman–Crippen LogP) is 4.59. The molecule has 3 aromatic rings. The first-order valence-electron chi connectivity index (χ1n) is 10.1. The highest BCUT2D eigenvalue weighted by molar-refractivity contribution is 5.91. The van der Waals surface area contributed by atoms with Gasteiger partial charge < -0.3 is 14.2 Å². The van der Waals surface area contributed by atoms with E-state index in [-0.39, 0.29) is 5.75 Å². The van der Waals surface area contributed by atoms with E-state index in [1.807, 2.05) is 36.4 Å². The predicted molar refractivity (Wildman–Crippen MR) is 110 cm³/mol. The van der Waals surface area contributed by atoms with E-state index < -0.39 is 11.8 Å². The first kappa shape index (κ1) is 19.0. The molecule has 2 fully saturated rings. The molecule has 2 atom stereocenters. The Balaban J connectivity index is 1.25. The quantitative estimate of drug-likeness (QED) is 0.328. The average molecular weight is 404 g/mol. The SMILES string of the molecule is O=C(Oc1ccc(-c2ccc(CC3CO3)cc2)cc1F)c1ccc(CC2CO2)cc1. The maximum Gasteiger partial charge on any atom is 0.343 e. The number of halogens is 1. The highest BCUT2D eigenvalue weighted by Crippen LogP contribution is 2.27. The minimum atomic E-state index is -0.581. The highest BCUT2D eigenvalue weighted by Gasteiger charge is 2.23. The van der Waals surface area contributed by atoms with Crippen molar-refractivity contribution in [3.63, 3.8) is 0 Å². The summed E-state index contributed by atoms with van der Waals surface area (Å²) < 4.78 is 30.3. The van der Waals surface area contributed by atoms with Crippen molar-refractivity contribution in [1.82, 2.24) is 0 Å². The van der Waals surface area contributed by atoms with Crippen molar-refractivity contribution in [2.24, 2.45) is 0 Å². The third-order valence-corrected chi connectivity index (χ3v) is 5.34. The van der Waals surface area contributed by atoms with E-state index in [2.05, 4.69) is 0 Å². The lowest BCUT2D eigenvalue weighted by molar-refractivity contribution is 0.0728. The van der Waals surface area contributed by atoms with Gasteiger partial charge in [0.05, 0.1) is 31.0 Å². The van der Waals surface area contributed by atoms with Gasteiger partial charge in [0.25, 0.3) is 0 Å². The lowest BCUT2D eigenvalue weighted by Gasteiger charge is -2.09. The summed E-state index contributed by atoms with van der Waals surface area (Å²) in [6, 6.07) is 19.8. The smallest absolute Gasteiger partial charge is 0.343 e. The molecular formula is C25H21FO4. The number of esters is 1. The normalized spacial score (nSPS) is 19.4. The molecule has 0 aliphatic carbocycles. The average Bonchev–Trinajstić information content (AvgIpc) is 3.68. The van der Waals surface area contributed by atoms with Gasteiger partial charge in [0.1, 0.15) is 0 Å². The Morgan fingerprint density at radius 3 is 1.90 bits per heavy atom. The summed E-state index contributed by atoms with van der Waals surface area (Å²) in [7, 11) is 0. The fourth-order valence-corrected chi connectivity index (χ4v) is 3.43. The Morgan fingerprint density at radius 1 is 0.833 bits per heavy atom. The van der Waals surface area contributed by atoms with Crippen LogP contribution in [0, 0.1) is 5.82 Å². The molecule has 2 unspecified atom stereocenters. The van der Waals surface area contributed by atoms with Crippen LogP contribution in [0.4, 0.5) is 4.39 Å². The van der Waals surface area contributed by atoms with Gasteiger partial charge in [0.15, 0.2) is 11.6 Å². The minimum absolute atomic E-state index is 0.0818. The van der Waals surface area contributed by atoms with Crippen LogP contribution < -0.4 is 4.74 Å². The van der Waals surface area contributed by atoms with E-state index in [1.165, 1.54) is 17.7 Å². The maximum absolute atomic E-state index is 14.6. The summed E-state index contributed by atoms with van der Waals surface area (Å²) in [5.41, 5.74) is 4.31. The molecule has 5 heteroatoms. The summed E-state index contributed by atoms with van der Waals surface area (Å²) in [4.78, 5) is 12.4. The third kappa shape index (κ3) is 4.58. The van der Waals surface area contributed by atoms with Crippen LogP contribution in [0.5, 0.6) is 5.75 Å². The molecule has 2 aliphatic heterocycles. The maximum atomic E-state index is 14.6. The molecule has 30 heavy (non-hydrogen) atoms. The van der Waals surface area contributed by atoms with Crippen LogP contribution in [-0.4, -0.2) is 31.4 Å². The molecule has 0 radical (unpaired) electrons. The molecule has 3 aromatic carbocycles. The molecule has 0 saturated carbocycles. The zero-order valence-corrected chi connectivity index (χ0v) is 16.3. The van der Waals surface area contributed by atoms with Crippen LogP contribution in [0.1, 0.15) is 21.5 Å². The van der Waals surface area contributed by atoms with Crippen molar-refractivity contribution in [1.29, 1.82) is 0 Å². The number of carbonyl (C=O) groups is 1. The molecule has 4 nitrogen and oxygen atoms in total. The molecule has 0 aromatic heterocycles. The number of carbonyl (C=O) groups excluding carboxylic acids is 1. The van der Waals surface area contributed by atoms with Gasteiger partial charge in [-0.25, -0.2) is 9.18 Å². The van der Waals surface area contributed by atoms with Crippen LogP contribution in [0.2, 0.25) is 0 Å². The Kier molecular flexibility index (Phi) is 5.07. The number of hydrogen-bond donors (Lipinski definition) is 0. The van der Waals surface area contributed by atoms with Crippen LogP contribution in [0.3, 0.4) is 0 Å². The van der Waals surface area contributed by atoms with Crippen LogP contribution in [0.25, 0.3) is 11.1 Å². The number of epoxide rings is 2. The van der Waals surface area contributed by atoms with Gasteiger partial charge in [-0.3, -0.25) is 0 Å². The van der Waals surface area contributed by atoms with Gasteiger partial charge >= 0.3 is 5.97 Å². The Hall–Kier alpha value is -3.02. The van der Waals surface area contributed by atoms with Crippen molar-refractivity contribution in [3.8, 4) is 16.9 Å². The zero-order chi connectivity index (χ0) is 20.5. The summed E-state index contributed by atoms with van der Waals surface area (Å²) in [5, 5.41) is 0. The minimum Gasteiger partial charge on any atom is -0.420 e. The van der Waals surface area contributed by atoms with Crippen molar-refractivity contribution in [2.45, 2.75) is 25.0 Å². The summed E-state index contributed by atoms with van der Waals surface area (Å²) in [6.07, 6.45) is 2.36. The second-order valence-electron chi connectivity index (χ2n) is 7.75. The molecule has 2 saturated heterocycles. The highest BCUT2D eigenvalue weighted by atomic mass is 19.1. The van der Waals surface area contributed by atoms with Crippen molar-refractivity contribution in [3.05, 3.63) is 89.2 Å². The molecule has 0 N–H and O–H groups in total. The molecule has 152 valence electrons. The van der Waals surface area contributed by atoms with E-state index in [0.717, 1.165) is 42.7 Å². The zero-order valence-electron chi connectivity index (χ0n) is 16.3. The van der Waals surface area contributed by atoms with Gasteiger partial charge in [-0.2, -0.15) is 0 Å². The van der Waals surface area contributed by atoms with Gasteiger partial charge in [-0.1, -0.05) is 42.5 Å². The van der Waals surface area contributed by atoms with Crippen molar-refractivity contribution in [2.75, 3.05) is 13.2 Å². The molecule has 2 aliphatic rings. The third-order valence-electron chi connectivity index (χ3n) is 5.34. The van der Waals surface area contributed by atoms with Crippen LogP contribution in [0.15, 0.2) is 66.7 Å². The van der Waals surface area contributed by atoms with E-state index in [1.54, 1.807) is 18.2 Å². The number of ether oxygens (including phenoxy) is 3. The fraction of sp³-hybridized carbons (Fsp3) is 0.240. The summed E-state index contributed by atoms with van der Waals surface area (Å²) >= 11 is 0.